The van der Waals surface area contributed by atoms with Crippen molar-refractivity contribution in [3.8, 4) is 5.75 Å². The fourth-order valence-electron chi connectivity index (χ4n) is 4.17. The average molecular weight is 344 g/mol. The maximum atomic E-state index is 12.4. The highest BCUT2D eigenvalue weighted by Crippen LogP contribution is 2.46. The Morgan fingerprint density at radius 3 is 2.72 bits per heavy atom. The molecule has 7 heteroatoms. The van der Waals surface area contributed by atoms with Crippen molar-refractivity contribution in [1.29, 1.82) is 0 Å². The van der Waals surface area contributed by atoms with E-state index < -0.39 is 5.60 Å². The quantitative estimate of drug-likeness (QED) is 0.799. The second kappa shape index (κ2) is 7.26. The second-order valence-electron chi connectivity index (χ2n) is 7.30. The number of carbonyl (C=O) groups excluding carboxylic acids is 1. The first kappa shape index (κ1) is 18.1. The minimum Gasteiger partial charge on any atom is -0.497 e. The molecule has 1 amide bonds. The van der Waals surface area contributed by atoms with Crippen molar-refractivity contribution < 1.29 is 18.9 Å². The number of rotatable bonds is 6. The molecule has 25 heavy (non-hydrogen) atoms. The first-order valence-corrected chi connectivity index (χ1v) is 8.66. The fourth-order valence-corrected chi connectivity index (χ4v) is 4.17. The van der Waals surface area contributed by atoms with Gasteiger partial charge in [0.25, 0.3) is 8.05 Å². The van der Waals surface area contributed by atoms with Gasteiger partial charge in [0.15, 0.2) is 0 Å². The summed E-state index contributed by atoms with van der Waals surface area (Å²) in [6.07, 6.45) is 3.17. The first-order valence-electron chi connectivity index (χ1n) is 8.66. The molecule has 1 saturated carbocycles. The summed E-state index contributed by atoms with van der Waals surface area (Å²) >= 11 is 0. The minimum atomic E-state index is -0.486. The average Bonchev–Trinajstić information content (AvgIpc) is 2.90. The Balaban J connectivity index is 1.70. The summed E-state index contributed by atoms with van der Waals surface area (Å²) in [6, 6.07) is 7.71. The lowest BCUT2D eigenvalue weighted by molar-refractivity contribution is -0.0394. The van der Waals surface area contributed by atoms with Gasteiger partial charge in [0, 0.05) is 25.1 Å². The summed E-state index contributed by atoms with van der Waals surface area (Å²) in [5.41, 5.74) is 6.33. The van der Waals surface area contributed by atoms with Crippen LogP contribution >= 0.6 is 0 Å². The van der Waals surface area contributed by atoms with E-state index in [0.29, 0.717) is 32.7 Å². The number of carbonyl (C=O) groups is 1. The third-order valence-electron chi connectivity index (χ3n) is 5.43. The van der Waals surface area contributed by atoms with Gasteiger partial charge in [0.1, 0.15) is 11.4 Å². The maximum Gasteiger partial charge on any atom is 0.410 e. The minimum absolute atomic E-state index is 0.219. The zero-order valence-electron chi connectivity index (χ0n) is 14.7. The van der Waals surface area contributed by atoms with E-state index in [4.69, 9.17) is 27.9 Å². The number of ether oxygens (including phenoxy) is 2. The van der Waals surface area contributed by atoms with Crippen LogP contribution in [0.5, 0.6) is 5.75 Å². The number of hydrogen-bond acceptors (Lipinski definition) is 5. The maximum absolute atomic E-state index is 12.4. The van der Waals surface area contributed by atoms with E-state index >= 15 is 0 Å². The van der Waals surface area contributed by atoms with Gasteiger partial charge in [0.05, 0.1) is 13.7 Å². The summed E-state index contributed by atoms with van der Waals surface area (Å²) in [6.45, 7) is 1.96. The number of nitrogens with zero attached hydrogens (tertiary/aromatic N) is 1. The van der Waals surface area contributed by atoms with E-state index in [2.05, 4.69) is 0 Å². The molecule has 1 heterocycles. The molecule has 2 atom stereocenters. The molecule has 1 aromatic rings. The van der Waals surface area contributed by atoms with Gasteiger partial charge in [-0.05, 0) is 43.4 Å². The van der Waals surface area contributed by atoms with Crippen molar-refractivity contribution in [2.75, 3.05) is 26.8 Å². The molecule has 6 nitrogen and oxygen atoms in total. The number of nitrogens with two attached hydrogens (primary N) is 1. The molecule has 1 aliphatic heterocycles. The van der Waals surface area contributed by atoms with E-state index in [1.54, 1.807) is 12.0 Å². The highest BCUT2D eigenvalue weighted by Gasteiger charge is 2.52. The Hall–Kier alpha value is -1.73. The number of hydrogen-bond donors (Lipinski definition) is 1. The highest BCUT2D eigenvalue weighted by molar-refractivity contribution is 5.97. The molecule has 1 aromatic carbocycles. The fraction of sp³-hybridized carbons (Fsp3) is 0.611. The van der Waals surface area contributed by atoms with Gasteiger partial charge in [0.2, 0.25) is 0 Å². The monoisotopic (exact) mass is 344 g/mol. The molecule has 2 N–H and O–H groups in total. The SMILES string of the molecule is [B]OCC1(CN)CCCC2(CN(Cc3ccc(OC)cc3)C(=O)O2)C1. The molecule has 0 bridgehead atoms. The van der Waals surface area contributed by atoms with Crippen LogP contribution in [0.25, 0.3) is 0 Å². The third kappa shape index (κ3) is 3.77. The van der Waals surface area contributed by atoms with Crippen molar-refractivity contribution in [2.24, 2.45) is 11.1 Å². The third-order valence-corrected chi connectivity index (χ3v) is 5.43. The van der Waals surface area contributed by atoms with Crippen molar-refractivity contribution in [2.45, 2.75) is 37.8 Å². The lowest BCUT2D eigenvalue weighted by atomic mass is 9.67. The summed E-state index contributed by atoms with van der Waals surface area (Å²) in [7, 11) is 6.94. The lowest BCUT2D eigenvalue weighted by Gasteiger charge is -2.44. The van der Waals surface area contributed by atoms with Crippen LogP contribution in [0.2, 0.25) is 0 Å². The van der Waals surface area contributed by atoms with E-state index in [9.17, 15) is 4.79 Å². The molecule has 2 fully saturated rings. The molecule has 2 radical (unpaired) electrons. The Morgan fingerprint density at radius 1 is 1.32 bits per heavy atom. The topological polar surface area (TPSA) is 74.0 Å². The van der Waals surface area contributed by atoms with Crippen LogP contribution in [0.3, 0.4) is 0 Å². The summed E-state index contributed by atoms with van der Waals surface area (Å²) in [5.74, 6) is 0.797. The zero-order chi connectivity index (χ0) is 17.9. The molecule has 1 spiro atoms. The summed E-state index contributed by atoms with van der Waals surface area (Å²) < 4.78 is 15.9. The largest absolute Gasteiger partial charge is 0.497 e. The predicted octanol–water partition coefficient (Wildman–Crippen LogP) is 2.01. The first-order chi connectivity index (χ1) is 12.0. The Morgan fingerprint density at radius 2 is 2.08 bits per heavy atom. The molecular formula is C18H25BN2O4. The van der Waals surface area contributed by atoms with Crippen molar-refractivity contribution >= 4 is 14.1 Å². The second-order valence-corrected chi connectivity index (χ2v) is 7.30. The van der Waals surface area contributed by atoms with Gasteiger partial charge in [-0.3, -0.25) is 4.90 Å². The summed E-state index contributed by atoms with van der Waals surface area (Å²) in [4.78, 5) is 14.2. The molecule has 3 rings (SSSR count). The number of methoxy groups -OCH3 is 1. The van der Waals surface area contributed by atoms with E-state index in [1.165, 1.54) is 0 Å². The molecule has 1 saturated heterocycles. The van der Waals surface area contributed by atoms with Crippen LogP contribution in [0.1, 0.15) is 31.2 Å². The van der Waals surface area contributed by atoms with E-state index in [1.807, 2.05) is 24.3 Å². The Labute approximate surface area is 150 Å². The normalized spacial score (nSPS) is 29.0. The molecule has 2 unspecified atom stereocenters. The van der Waals surface area contributed by atoms with E-state index in [0.717, 1.165) is 30.6 Å². The van der Waals surface area contributed by atoms with Crippen LogP contribution in [-0.4, -0.2) is 51.4 Å². The summed E-state index contributed by atoms with van der Waals surface area (Å²) in [5, 5.41) is 0. The molecular weight excluding hydrogens is 319 g/mol. The highest BCUT2D eigenvalue weighted by atomic mass is 16.6. The van der Waals surface area contributed by atoms with Gasteiger partial charge in [-0.1, -0.05) is 12.1 Å². The molecule has 1 aliphatic carbocycles. The predicted molar refractivity (Wildman–Crippen MR) is 94.3 cm³/mol. The Bertz CT molecular complexity index is 608. The van der Waals surface area contributed by atoms with Gasteiger partial charge >= 0.3 is 6.09 Å². The van der Waals surface area contributed by atoms with Crippen LogP contribution in [0.15, 0.2) is 24.3 Å². The Kier molecular flexibility index (Phi) is 5.25. The lowest BCUT2D eigenvalue weighted by Crippen LogP contribution is -2.49. The molecule has 134 valence electrons. The number of benzene rings is 1. The van der Waals surface area contributed by atoms with E-state index in [-0.39, 0.29) is 11.5 Å². The molecule has 0 aromatic heterocycles. The smallest absolute Gasteiger partial charge is 0.410 e. The van der Waals surface area contributed by atoms with Crippen molar-refractivity contribution in [3.05, 3.63) is 29.8 Å². The standard InChI is InChI=1S/C18H25BN2O4/c1-23-15-5-3-14(4-6-15)9-21-12-18(25-16(21)22)8-2-7-17(10-18,11-20)13-24-19/h3-6H,2,7-13,20H2,1H3. The number of amides is 1. The zero-order valence-corrected chi connectivity index (χ0v) is 14.7. The van der Waals surface area contributed by atoms with Gasteiger partial charge in [-0.25, -0.2) is 4.79 Å². The molecule has 2 aliphatic rings. The van der Waals surface area contributed by atoms with Crippen molar-refractivity contribution in [1.82, 2.24) is 4.90 Å². The van der Waals surface area contributed by atoms with Gasteiger partial charge in [-0.2, -0.15) is 0 Å². The van der Waals surface area contributed by atoms with Crippen LogP contribution < -0.4 is 10.5 Å². The van der Waals surface area contributed by atoms with Crippen LogP contribution in [-0.2, 0) is 15.9 Å². The van der Waals surface area contributed by atoms with Crippen molar-refractivity contribution in [3.63, 3.8) is 0 Å². The van der Waals surface area contributed by atoms with Crippen LogP contribution in [0, 0.1) is 5.41 Å². The van der Waals surface area contributed by atoms with Crippen LogP contribution in [0.4, 0.5) is 4.79 Å². The van der Waals surface area contributed by atoms with Gasteiger partial charge < -0.3 is 19.9 Å². The van der Waals surface area contributed by atoms with Gasteiger partial charge in [-0.15, -0.1) is 0 Å².